The van der Waals surface area contributed by atoms with Crippen LogP contribution < -0.4 is 5.32 Å². The number of benzene rings is 2. The summed E-state index contributed by atoms with van der Waals surface area (Å²) in [4.78, 5) is 0. The molecule has 0 amide bonds. The van der Waals surface area contributed by atoms with Crippen LogP contribution in [-0.4, -0.2) is 0 Å². The largest absolute Gasteiger partial charge is 0.361 e. The van der Waals surface area contributed by atoms with E-state index in [9.17, 15) is 0 Å². The second-order valence-corrected chi connectivity index (χ2v) is 4.53. The van der Waals surface area contributed by atoms with E-state index in [-0.39, 0.29) is 0 Å². The molecule has 0 unspecified atom stereocenters. The fourth-order valence-electron chi connectivity index (χ4n) is 2.12. The molecule has 0 atom stereocenters. The standard InChI is InChI=1S/C17H15N/c1-13-6-8-14(9-7-13)15-10-11-18-17-5-3-2-4-16(17)12-15/h2-12,18H,1H3. The molecule has 1 nitrogen and oxygen atoms in total. The number of fused-ring (bicyclic) bond motifs is 1. The summed E-state index contributed by atoms with van der Waals surface area (Å²) in [6.07, 6.45) is 6.33. The summed E-state index contributed by atoms with van der Waals surface area (Å²) < 4.78 is 0. The molecule has 1 aliphatic heterocycles. The van der Waals surface area contributed by atoms with E-state index in [2.05, 4.69) is 66.9 Å². The van der Waals surface area contributed by atoms with E-state index in [0.29, 0.717) is 0 Å². The number of aryl methyl sites for hydroxylation is 1. The molecule has 0 aliphatic carbocycles. The molecule has 88 valence electrons. The number of hydrogen-bond donors (Lipinski definition) is 1. The minimum absolute atomic E-state index is 1.15. The van der Waals surface area contributed by atoms with Gasteiger partial charge in [0.1, 0.15) is 0 Å². The van der Waals surface area contributed by atoms with Crippen LogP contribution in [0.4, 0.5) is 5.69 Å². The molecular formula is C17H15N. The molecule has 1 aliphatic rings. The monoisotopic (exact) mass is 233 g/mol. The molecule has 1 N–H and O–H groups in total. The number of para-hydroxylation sites is 1. The Bertz CT molecular complexity index is 618. The molecule has 2 aromatic rings. The van der Waals surface area contributed by atoms with Crippen molar-refractivity contribution in [2.24, 2.45) is 0 Å². The SMILES string of the molecule is Cc1ccc(C2=Cc3ccccc3NC=C2)cc1. The molecule has 0 aromatic heterocycles. The molecule has 0 spiro atoms. The lowest BCUT2D eigenvalue weighted by Gasteiger charge is -2.04. The highest BCUT2D eigenvalue weighted by molar-refractivity contribution is 5.91. The maximum absolute atomic E-state index is 3.30. The molecule has 0 radical (unpaired) electrons. The number of rotatable bonds is 1. The van der Waals surface area contributed by atoms with Crippen LogP contribution in [0.25, 0.3) is 11.6 Å². The van der Waals surface area contributed by atoms with Crippen LogP contribution in [-0.2, 0) is 0 Å². The van der Waals surface area contributed by atoms with E-state index >= 15 is 0 Å². The minimum Gasteiger partial charge on any atom is -0.361 e. The average molecular weight is 233 g/mol. The smallest absolute Gasteiger partial charge is 0.0453 e. The van der Waals surface area contributed by atoms with Gasteiger partial charge in [0.05, 0.1) is 0 Å². The summed E-state index contributed by atoms with van der Waals surface area (Å²) in [5.41, 5.74) is 6.13. The maximum atomic E-state index is 3.30. The van der Waals surface area contributed by atoms with Crippen molar-refractivity contribution in [3.63, 3.8) is 0 Å². The molecule has 0 saturated heterocycles. The predicted octanol–water partition coefficient (Wildman–Crippen LogP) is 4.47. The van der Waals surface area contributed by atoms with Crippen molar-refractivity contribution in [3.05, 3.63) is 77.5 Å². The second kappa shape index (κ2) is 4.53. The fourth-order valence-corrected chi connectivity index (χ4v) is 2.12. The summed E-state index contributed by atoms with van der Waals surface area (Å²) in [6.45, 7) is 2.11. The van der Waals surface area contributed by atoms with Crippen LogP contribution in [0, 0.1) is 6.92 Å². The van der Waals surface area contributed by atoms with E-state index in [4.69, 9.17) is 0 Å². The number of anilines is 1. The lowest BCUT2D eigenvalue weighted by atomic mass is 10.0. The normalized spacial score (nSPS) is 13.3. The van der Waals surface area contributed by atoms with Gasteiger partial charge in [-0.25, -0.2) is 0 Å². The van der Waals surface area contributed by atoms with Crippen molar-refractivity contribution in [2.75, 3.05) is 5.32 Å². The molecule has 2 aromatic carbocycles. The van der Waals surface area contributed by atoms with Gasteiger partial charge < -0.3 is 5.32 Å². The topological polar surface area (TPSA) is 12.0 Å². The molecule has 3 rings (SSSR count). The van der Waals surface area contributed by atoms with Crippen molar-refractivity contribution in [1.82, 2.24) is 0 Å². The summed E-state index contributed by atoms with van der Waals surface area (Å²) in [7, 11) is 0. The molecular weight excluding hydrogens is 218 g/mol. The Morgan fingerprint density at radius 2 is 1.67 bits per heavy atom. The lowest BCUT2D eigenvalue weighted by molar-refractivity contribution is 1.46. The van der Waals surface area contributed by atoms with Crippen LogP contribution in [0.5, 0.6) is 0 Å². The van der Waals surface area contributed by atoms with Crippen LogP contribution >= 0.6 is 0 Å². The van der Waals surface area contributed by atoms with Gasteiger partial charge in [0.25, 0.3) is 0 Å². The van der Waals surface area contributed by atoms with Gasteiger partial charge >= 0.3 is 0 Å². The third-order valence-corrected chi connectivity index (χ3v) is 3.16. The van der Waals surface area contributed by atoms with Crippen LogP contribution in [0.3, 0.4) is 0 Å². The molecule has 0 fully saturated rings. The van der Waals surface area contributed by atoms with E-state index in [1.54, 1.807) is 0 Å². The van der Waals surface area contributed by atoms with Crippen LogP contribution in [0.1, 0.15) is 16.7 Å². The zero-order valence-electron chi connectivity index (χ0n) is 10.4. The van der Waals surface area contributed by atoms with Crippen LogP contribution in [0.15, 0.2) is 60.8 Å². The Hall–Kier alpha value is -2.28. The quantitative estimate of drug-likeness (QED) is 0.766. The first kappa shape index (κ1) is 10.8. The van der Waals surface area contributed by atoms with Gasteiger partial charge in [0, 0.05) is 11.9 Å². The Morgan fingerprint density at radius 1 is 0.889 bits per heavy atom. The number of nitrogens with one attached hydrogen (secondary N) is 1. The van der Waals surface area contributed by atoms with Gasteiger partial charge in [-0.05, 0) is 41.8 Å². The Morgan fingerprint density at radius 3 is 2.50 bits per heavy atom. The van der Waals surface area contributed by atoms with Gasteiger partial charge in [0.15, 0.2) is 0 Å². The molecule has 1 heterocycles. The minimum atomic E-state index is 1.15. The van der Waals surface area contributed by atoms with Gasteiger partial charge in [0.2, 0.25) is 0 Å². The van der Waals surface area contributed by atoms with Gasteiger partial charge in [-0.2, -0.15) is 0 Å². The highest BCUT2D eigenvalue weighted by Crippen LogP contribution is 2.26. The first-order valence-electron chi connectivity index (χ1n) is 6.14. The molecule has 18 heavy (non-hydrogen) atoms. The number of hydrogen-bond acceptors (Lipinski definition) is 1. The molecule has 0 bridgehead atoms. The third-order valence-electron chi connectivity index (χ3n) is 3.16. The van der Waals surface area contributed by atoms with Crippen molar-refractivity contribution in [2.45, 2.75) is 6.92 Å². The zero-order chi connectivity index (χ0) is 12.4. The number of allylic oxidation sites excluding steroid dienone is 2. The predicted molar refractivity (Wildman–Crippen MR) is 78.3 cm³/mol. The van der Waals surface area contributed by atoms with Gasteiger partial charge in [-0.3, -0.25) is 0 Å². The lowest BCUT2D eigenvalue weighted by Crippen LogP contribution is -1.87. The van der Waals surface area contributed by atoms with E-state index in [1.165, 1.54) is 22.3 Å². The second-order valence-electron chi connectivity index (χ2n) is 4.53. The summed E-state index contributed by atoms with van der Waals surface area (Å²) in [5, 5.41) is 3.30. The molecule has 0 saturated carbocycles. The highest BCUT2D eigenvalue weighted by atomic mass is 14.8. The van der Waals surface area contributed by atoms with E-state index in [1.807, 2.05) is 12.3 Å². The van der Waals surface area contributed by atoms with Crippen molar-refractivity contribution in [1.29, 1.82) is 0 Å². The first-order valence-corrected chi connectivity index (χ1v) is 6.14. The highest BCUT2D eigenvalue weighted by Gasteiger charge is 2.04. The Labute approximate surface area is 107 Å². The van der Waals surface area contributed by atoms with Gasteiger partial charge in [-0.1, -0.05) is 48.0 Å². The average Bonchev–Trinajstić information content (AvgIpc) is 2.61. The zero-order valence-corrected chi connectivity index (χ0v) is 10.4. The van der Waals surface area contributed by atoms with Crippen molar-refractivity contribution < 1.29 is 0 Å². The Balaban J connectivity index is 2.07. The summed E-state index contributed by atoms with van der Waals surface area (Å²) in [6, 6.07) is 17.0. The summed E-state index contributed by atoms with van der Waals surface area (Å²) in [5.74, 6) is 0. The van der Waals surface area contributed by atoms with Crippen molar-refractivity contribution in [3.8, 4) is 0 Å². The Kier molecular flexibility index (Phi) is 2.73. The molecule has 1 heteroatoms. The van der Waals surface area contributed by atoms with E-state index < -0.39 is 0 Å². The first-order chi connectivity index (χ1) is 8.83. The summed E-state index contributed by atoms with van der Waals surface area (Å²) >= 11 is 0. The maximum Gasteiger partial charge on any atom is 0.0453 e. The van der Waals surface area contributed by atoms with E-state index in [0.717, 1.165) is 5.69 Å². The van der Waals surface area contributed by atoms with Crippen LogP contribution in [0.2, 0.25) is 0 Å². The van der Waals surface area contributed by atoms with Crippen molar-refractivity contribution >= 4 is 17.3 Å². The fraction of sp³-hybridized carbons (Fsp3) is 0.0588. The third kappa shape index (κ3) is 2.07. The van der Waals surface area contributed by atoms with Gasteiger partial charge in [-0.15, -0.1) is 0 Å².